The van der Waals surface area contributed by atoms with E-state index in [1.165, 1.54) is 26.2 Å². The van der Waals surface area contributed by atoms with Crippen molar-refractivity contribution in [2.24, 2.45) is 0 Å². The standard InChI is InChI=1S/C11H14FNO5S/c1-3-13(7-11(14)15)19(16,17)8-4-5-10(18-2)9(12)6-8/h4-6H,3,7H2,1-2H3,(H,14,15). The lowest BCUT2D eigenvalue weighted by molar-refractivity contribution is -0.137. The number of carboxylic acids is 1. The topological polar surface area (TPSA) is 83.9 Å². The smallest absolute Gasteiger partial charge is 0.318 e. The molecule has 0 atom stereocenters. The Kier molecular flexibility index (Phi) is 4.84. The third kappa shape index (κ3) is 3.42. The minimum atomic E-state index is -4.04. The van der Waals surface area contributed by atoms with Gasteiger partial charge >= 0.3 is 5.97 Å². The maximum atomic E-state index is 13.5. The highest BCUT2D eigenvalue weighted by atomic mass is 32.2. The summed E-state index contributed by atoms with van der Waals surface area (Å²) < 4.78 is 43.1. The van der Waals surface area contributed by atoms with Crippen LogP contribution < -0.4 is 4.74 Å². The van der Waals surface area contributed by atoms with Gasteiger partial charge in [-0.05, 0) is 18.2 Å². The minimum Gasteiger partial charge on any atom is -0.494 e. The first-order valence-corrected chi connectivity index (χ1v) is 6.82. The molecule has 0 heterocycles. The van der Waals surface area contributed by atoms with Gasteiger partial charge in [-0.15, -0.1) is 0 Å². The first kappa shape index (κ1) is 15.4. The molecular weight excluding hydrogens is 277 g/mol. The molecule has 0 fully saturated rings. The molecule has 0 amide bonds. The Labute approximate surface area is 110 Å². The predicted molar refractivity (Wildman–Crippen MR) is 65.0 cm³/mol. The van der Waals surface area contributed by atoms with Crippen LogP contribution in [0.4, 0.5) is 4.39 Å². The summed E-state index contributed by atoms with van der Waals surface area (Å²) in [5.41, 5.74) is 0. The Hall–Kier alpha value is -1.67. The van der Waals surface area contributed by atoms with Crippen molar-refractivity contribution in [1.82, 2.24) is 4.31 Å². The van der Waals surface area contributed by atoms with Gasteiger partial charge < -0.3 is 9.84 Å². The molecule has 0 bridgehead atoms. The van der Waals surface area contributed by atoms with Crippen LogP contribution in [-0.2, 0) is 14.8 Å². The highest BCUT2D eigenvalue weighted by Crippen LogP contribution is 2.22. The fourth-order valence-electron chi connectivity index (χ4n) is 1.47. The van der Waals surface area contributed by atoms with Crippen LogP contribution in [0.1, 0.15) is 6.92 Å². The van der Waals surface area contributed by atoms with E-state index in [1.54, 1.807) is 0 Å². The van der Waals surface area contributed by atoms with E-state index < -0.39 is 28.4 Å². The number of methoxy groups -OCH3 is 1. The van der Waals surface area contributed by atoms with Crippen LogP contribution >= 0.6 is 0 Å². The summed E-state index contributed by atoms with van der Waals surface area (Å²) in [6.07, 6.45) is 0. The Morgan fingerprint density at radius 1 is 1.47 bits per heavy atom. The summed E-state index contributed by atoms with van der Waals surface area (Å²) in [7, 11) is -2.78. The monoisotopic (exact) mass is 291 g/mol. The molecule has 0 unspecified atom stereocenters. The zero-order chi connectivity index (χ0) is 14.6. The number of nitrogens with zero attached hydrogens (tertiary/aromatic N) is 1. The van der Waals surface area contributed by atoms with Crippen molar-refractivity contribution < 1.29 is 27.4 Å². The average Bonchev–Trinajstić information content (AvgIpc) is 2.35. The molecule has 0 aliphatic heterocycles. The molecular formula is C11H14FNO5S. The molecule has 1 aromatic carbocycles. The molecule has 6 nitrogen and oxygen atoms in total. The summed E-state index contributed by atoms with van der Waals surface area (Å²) in [4.78, 5) is 10.3. The zero-order valence-corrected chi connectivity index (χ0v) is 11.3. The largest absolute Gasteiger partial charge is 0.494 e. The molecule has 0 radical (unpaired) electrons. The molecule has 0 aliphatic rings. The number of likely N-dealkylation sites (N-methyl/N-ethyl adjacent to an activating group) is 1. The summed E-state index contributed by atoms with van der Waals surface area (Å²) in [5, 5.41) is 8.66. The molecule has 19 heavy (non-hydrogen) atoms. The molecule has 1 N–H and O–H groups in total. The quantitative estimate of drug-likeness (QED) is 0.843. The maximum Gasteiger partial charge on any atom is 0.318 e. The van der Waals surface area contributed by atoms with Crippen LogP contribution in [0, 0.1) is 5.82 Å². The van der Waals surface area contributed by atoms with E-state index >= 15 is 0 Å². The van der Waals surface area contributed by atoms with Gasteiger partial charge in [0.15, 0.2) is 11.6 Å². The molecule has 1 aromatic rings. The predicted octanol–water partition coefficient (Wildman–Crippen LogP) is 0.929. The van der Waals surface area contributed by atoms with E-state index in [0.717, 1.165) is 10.4 Å². The number of hydrogen-bond donors (Lipinski definition) is 1. The van der Waals surface area contributed by atoms with Gasteiger partial charge in [0.05, 0.1) is 12.0 Å². The minimum absolute atomic E-state index is 0.0255. The Morgan fingerprint density at radius 2 is 2.11 bits per heavy atom. The van der Waals surface area contributed by atoms with E-state index in [-0.39, 0.29) is 17.2 Å². The number of halogens is 1. The number of aliphatic carboxylic acids is 1. The lowest BCUT2D eigenvalue weighted by Gasteiger charge is -2.18. The van der Waals surface area contributed by atoms with E-state index in [0.29, 0.717) is 0 Å². The average molecular weight is 291 g/mol. The number of benzene rings is 1. The van der Waals surface area contributed by atoms with Crippen molar-refractivity contribution in [3.05, 3.63) is 24.0 Å². The summed E-state index contributed by atoms with van der Waals surface area (Å²) in [5.74, 6) is -2.19. The maximum absolute atomic E-state index is 13.5. The lowest BCUT2D eigenvalue weighted by Crippen LogP contribution is -2.35. The van der Waals surface area contributed by atoms with Crippen molar-refractivity contribution in [2.75, 3.05) is 20.2 Å². The van der Waals surface area contributed by atoms with Crippen LogP contribution in [0.3, 0.4) is 0 Å². The van der Waals surface area contributed by atoms with E-state index in [1.807, 2.05) is 0 Å². The van der Waals surface area contributed by atoms with Crippen molar-refractivity contribution >= 4 is 16.0 Å². The van der Waals surface area contributed by atoms with Gasteiger partial charge in [0.2, 0.25) is 10.0 Å². The fourth-order valence-corrected chi connectivity index (χ4v) is 2.89. The van der Waals surface area contributed by atoms with Crippen molar-refractivity contribution in [1.29, 1.82) is 0 Å². The highest BCUT2D eigenvalue weighted by molar-refractivity contribution is 7.89. The molecule has 8 heteroatoms. The van der Waals surface area contributed by atoms with E-state index in [2.05, 4.69) is 4.74 Å². The number of rotatable bonds is 6. The van der Waals surface area contributed by atoms with Crippen LogP contribution in [0.5, 0.6) is 5.75 Å². The van der Waals surface area contributed by atoms with Gasteiger partial charge in [-0.1, -0.05) is 6.92 Å². The summed E-state index contributed by atoms with van der Waals surface area (Å²) in [6.45, 7) is 0.801. The molecule has 0 aliphatic carbocycles. The van der Waals surface area contributed by atoms with Crippen molar-refractivity contribution in [2.45, 2.75) is 11.8 Å². The molecule has 106 valence electrons. The molecule has 0 aromatic heterocycles. The van der Waals surface area contributed by atoms with Crippen LogP contribution in [0.2, 0.25) is 0 Å². The van der Waals surface area contributed by atoms with Gasteiger partial charge in [-0.3, -0.25) is 4.79 Å². The summed E-state index contributed by atoms with van der Waals surface area (Å²) >= 11 is 0. The van der Waals surface area contributed by atoms with Gasteiger partial charge in [0.25, 0.3) is 0 Å². The fraction of sp³-hybridized carbons (Fsp3) is 0.364. The number of sulfonamides is 1. The molecule has 1 rings (SSSR count). The lowest BCUT2D eigenvalue weighted by atomic mass is 10.3. The summed E-state index contributed by atoms with van der Waals surface area (Å²) in [6, 6.07) is 3.15. The van der Waals surface area contributed by atoms with Crippen LogP contribution in [0.25, 0.3) is 0 Å². The second-order valence-electron chi connectivity index (χ2n) is 3.62. The van der Waals surface area contributed by atoms with Crippen molar-refractivity contribution in [3.63, 3.8) is 0 Å². The van der Waals surface area contributed by atoms with Gasteiger partial charge in [0.1, 0.15) is 6.54 Å². The van der Waals surface area contributed by atoms with Gasteiger partial charge in [-0.2, -0.15) is 4.31 Å². The normalized spacial score (nSPS) is 11.6. The SMILES string of the molecule is CCN(CC(=O)O)S(=O)(=O)c1ccc(OC)c(F)c1. The third-order valence-electron chi connectivity index (χ3n) is 2.43. The Balaban J connectivity index is 3.18. The third-order valence-corrected chi connectivity index (χ3v) is 4.34. The number of hydrogen-bond acceptors (Lipinski definition) is 4. The van der Waals surface area contributed by atoms with Gasteiger partial charge in [0, 0.05) is 6.54 Å². The van der Waals surface area contributed by atoms with E-state index in [9.17, 15) is 17.6 Å². The molecule has 0 saturated heterocycles. The Bertz CT molecular complexity index is 572. The van der Waals surface area contributed by atoms with Crippen molar-refractivity contribution in [3.8, 4) is 5.75 Å². The number of carboxylic acid groups (broad SMARTS) is 1. The molecule has 0 spiro atoms. The van der Waals surface area contributed by atoms with Gasteiger partial charge in [-0.25, -0.2) is 12.8 Å². The zero-order valence-electron chi connectivity index (χ0n) is 10.5. The van der Waals surface area contributed by atoms with E-state index in [4.69, 9.17) is 5.11 Å². The number of carbonyl (C=O) groups is 1. The molecule has 0 saturated carbocycles. The second kappa shape index (κ2) is 5.98. The first-order valence-electron chi connectivity index (χ1n) is 5.38. The second-order valence-corrected chi connectivity index (χ2v) is 5.56. The highest BCUT2D eigenvalue weighted by Gasteiger charge is 2.26. The number of ether oxygens (including phenoxy) is 1. The first-order chi connectivity index (χ1) is 8.82. The van der Waals surface area contributed by atoms with Crippen LogP contribution in [-0.4, -0.2) is 44.0 Å². The Morgan fingerprint density at radius 3 is 2.53 bits per heavy atom. The van der Waals surface area contributed by atoms with Crippen LogP contribution in [0.15, 0.2) is 23.1 Å².